The molecule has 1 N–H and O–H groups in total. The Labute approximate surface area is 104 Å². The van der Waals surface area contributed by atoms with E-state index in [0.29, 0.717) is 0 Å². The highest BCUT2D eigenvalue weighted by Gasteiger charge is 2.02. The number of fused-ring (bicyclic) bond motifs is 1. The molecule has 2 aromatic rings. The second-order valence-corrected chi connectivity index (χ2v) is 4.92. The molecule has 0 radical (unpaired) electrons. The first kappa shape index (κ1) is 11.8. The second kappa shape index (κ2) is 5.57. The van der Waals surface area contributed by atoms with Crippen LogP contribution in [0.25, 0.3) is 5.65 Å². The molecular formula is C11H14ClN3S. The topological polar surface area (TPSA) is 29.3 Å². The van der Waals surface area contributed by atoms with E-state index in [1.807, 2.05) is 40.7 Å². The smallest absolute Gasteiger partial charge is 0.137 e. The number of nitrogens with zero attached hydrogens (tertiary/aromatic N) is 2. The summed E-state index contributed by atoms with van der Waals surface area (Å²) in [4.78, 5) is 4.32. The van der Waals surface area contributed by atoms with Crippen molar-refractivity contribution in [1.82, 2.24) is 14.7 Å². The highest BCUT2D eigenvalue weighted by atomic mass is 35.5. The number of hydrogen-bond donors (Lipinski definition) is 1. The maximum Gasteiger partial charge on any atom is 0.137 e. The van der Waals surface area contributed by atoms with Gasteiger partial charge in [-0.25, -0.2) is 4.98 Å². The van der Waals surface area contributed by atoms with Crippen molar-refractivity contribution in [3.8, 4) is 0 Å². The summed E-state index contributed by atoms with van der Waals surface area (Å²) in [6.07, 6.45) is 5.89. The number of halogens is 1. The maximum atomic E-state index is 5.96. The number of rotatable bonds is 5. The van der Waals surface area contributed by atoms with Gasteiger partial charge in [-0.2, -0.15) is 11.8 Å². The number of hydrogen-bond acceptors (Lipinski definition) is 3. The molecule has 0 spiro atoms. The van der Waals surface area contributed by atoms with Gasteiger partial charge in [-0.1, -0.05) is 11.6 Å². The Hall–Kier alpha value is -0.710. The van der Waals surface area contributed by atoms with Gasteiger partial charge in [-0.15, -0.1) is 0 Å². The summed E-state index contributed by atoms with van der Waals surface area (Å²) in [5.74, 6) is 1.12. The van der Waals surface area contributed by atoms with Crippen molar-refractivity contribution in [2.75, 3.05) is 18.6 Å². The SMILES string of the molecule is CSCCNCc1cnc2ccc(Cl)cn12. The Morgan fingerprint density at radius 3 is 3.19 bits per heavy atom. The van der Waals surface area contributed by atoms with Crippen LogP contribution >= 0.6 is 23.4 Å². The number of nitrogens with one attached hydrogen (secondary N) is 1. The summed E-state index contributed by atoms with van der Waals surface area (Å²) in [5, 5.41) is 4.11. The number of imidazole rings is 1. The van der Waals surface area contributed by atoms with Gasteiger partial charge in [0.15, 0.2) is 0 Å². The van der Waals surface area contributed by atoms with Gasteiger partial charge in [0.2, 0.25) is 0 Å². The zero-order valence-corrected chi connectivity index (χ0v) is 10.7. The Morgan fingerprint density at radius 2 is 2.38 bits per heavy atom. The summed E-state index contributed by atoms with van der Waals surface area (Å²) in [6.45, 7) is 1.83. The molecular weight excluding hydrogens is 242 g/mol. The van der Waals surface area contributed by atoms with Crippen LogP contribution in [0.2, 0.25) is 5.02 Å². The monoisotopic (exact) mass is 255 g/mol. The average molecular weight is 256 g/mol. The van der Waals surface area contributed by atoms with E-state index < -0.39 is 0 Å². The summed E-state index contributed by atoms with van der Waals surface area (Å²) in [5.41, 5.74) is 2.07. The summed E-state index contributed by atoms with van der Waals surface area (Å²) in [6, 6.07) is 3.78. The van der Waals surface area contributed by atoms with Gasteiger partial charge in [0.1, 0.15) is 5.65 Å². The van der Waals surface area contributed by atoms with Crippen LogP contribution in [0.4, 0.5) is 0 Å². The Kier molecular flexibility index (Phi) is 4.09. The van der Waals surface area contributed by atoms with E-state index in [9.17, 15) is 0 Å². The molecule has 5 heteroatoms. The van der Waals surface area contributed by atoms with Crippen molar-refractivity contribution in [2.45, 2.75) is 6.54 Å². The van der Waals surface area contributed by atoms with Gasteiger partial charge in [-0.3, -0.25) is 0 Å². The minimum Gasteiger partial charge on any atom is -0.310 e. The molecule has 2 rings (SSSR count). The van der Waals surface area contributed by atoms with Crippen LogP contribution in [-0.2, 0) is 6.54 Å². The minimum absolute atomic E-state index is 0.732. The van der Waals surface area contributed by atoms with Crippen molar-refractivity contribution in [2.24, 2.45) is 0 Å². The number of pyridine rings is 1. The largest absolute Gasteiger partial charge is 0.310 e. The van der Waals surface area contributed by atoms with Crippen molar-refractivity contribution in [3.05, 3.63) is 35.2 Å². The molecule has 2 aromatic heterocycles. The van der Waals surface area contributed by atoms with E-state index in [4.69, 9.17) is 11.6 Å². The van der Waals surface area contributed by atoms with Crippen LogP contribution < -0.4 is 5.32 Å². The zero-order chi connectivity index (χ0) is 11.4. The van der Waals surface area contributed by atoms with Gasteiger partial charge in [0.25, 0.3) is 0 Å². The van der Waals surface area contributed by atoms with E-state index >= 15 is 0 Å². The molecule has 0 aromatic carbocycles. The van der Waals surface area contributed by atoms with E-state index in [1.54, 1.807) is 0 Å². The van der Waals surface area contributed by atoms with Crippen LogP contribution in [0, 0.1) is 0 Å². The lowest BCUT2D eigenvalue weighted by Crippen LogP contribution is -2.17. The van der Waals surface area contributed by atoms with E-state index in [0.717, 1.165) is 35.2 Å². The number of aromatic nitrogens is 2. The highest BCUT2D eigenvalue weighted by molar-refractivity contribution is 7.98. The molecule has 0 atom stereocenters. The third kappa shape index (κ3) is 2.70. The Morgan fingerprint density at radius 1 is 1.50 bits per heavy atom. The van der Waals surface area contributed by atoms with Crippen LogP contribution in [0.15, 0.2) is 24.5 Å². The fourth-order valence-electron chi connectivity index (χ4n) is 1.53. The van der Waals surface area contributed by atoms with Crippen molar-refractivity contribution in [3.63, 3.8) is 0 Å². The molecule has 0 saturated heterocycles. The maximum absolute atomic E-state index is 5.96. The Balaban J connectivity index is 2.09. The minimum atomic E-state index is 0.732. The molecule has 0 aliphatic rings. The van der Waals surface area contributed by atoms with Crippen LogP contribution in [0.1, 0.15) is 5.69 Å². The van der Waals surface area contributed by atoms with Crippen molar-refractivity contribution >= 4 is 29.0 Å². The molecule has 16 heavy (non-hydrogen) atoms. The third-order valence-electron chi connectivity index (χ3n) is 2.34. The van der Waals surface area contributed by atoms with Crippen molar-refractivity contribution in [1.29, 1.82) is 0 Å². The summed E-state index contributed by atoms with van der Waals surface area (Å²) in [7, 11) is 0. The molecule has 0 amide bonds. The predicted octanol–water partition coefficient (Wildman–Crippen LogP) is 2.44. The quantitative estimate of drug-likeness (QED) is 0.833. The van der Waals surface area contributed by atoms with Gasteiger partial charge >= 0.3 is 0 Å². The van der Waals surface area contributed by atoms with Crippen LogP contribution in [0.3, 0.4) is 0 Å². The molecule has 0 saturated carbocycles. The highest BCUT2D eigenvalue weighted by Crippen LogP contribution is 2.12. The standard InChI is InChI=1S/C11H14ClN3S/c1-16-5-4-13-6-10-7-14-11-3-2-9(12)8-15(10)11/h2-3,7-8,13H,4-6H2,1H3. The molecule has 2 heterocycles. The first-order chi connectivity index (χ1) is 7.81. The normalized spacial score (nSPS) is 11.1. The fraction of sp³-hybridized carbons (Fsp3) is 0.364. The van der Waals surface area contributed by atoms with Gasteiger partial charge in [0, 0.05) is 25.0 Å². The van der Waals surface area contributed by atoms with Gasteiger partial charge < -0.3 is 9.72 Å². The third-order valence-corrected chi connectivity index (χ3v) is 3.17. The molecule has 3 nitrogen and oxygen atoms in total. The number of thioether (sulfide) groups is 1. The van der Waals surface area contributed by atoms with E-state index in [1.165, 1.54) is 0 Å². The first-order valence-corrected chi connectivity index (χ1v) is 6.89. The average Bonchev–Trinajstić information content (AvgIpc) is 2.67. The van der Waals surface area contributed by atoms with Crippen LogP contribution in [0.5, 0.6) is 0 Å². The Bertz CT molecular complexity index is 469. The van der Waals surface area contributed by atoms with Crippen LogP contribution in [-0.4, -0.2) is 27.9 Å². The summed E-state index contributed by atoms with van der Waals surface area (Å²) >= 11 is 7.80. The fourth-order valence-corrected chi connectivity index (χ4v) is 2.04. The van der Waals surface area contributed by atoms with Gasteiger partial charge in [0.05, 0.1) is 16.9 Å². The van der Waals surface area contributed by atoms with E-state index in [2.05, 4.69) is 16.6 Å². The lowest BCUT2D eigenvalue weighted by molar-refractivity contribution is 0.710. The van der Waals surface area contributed by atoms with Crippen molar-refractivity contribution < 1.29 is 0 Å². The van der Waals surface area contributed by atoms with E-state index in [-0.39, 0.29) is 0 Å². The molecule has 0 aliphatic heterocycles. The summed E-state index contributed by atoms with van der Waals surface area (Å²) < 4.78 is 2.02. The molecule has 0 bridgehead atoms. The lowest BCUT2D eigenvalue weighted by atomic mass is 10.4. The molecule has 86 valence electrons. The van der Waals surface area contributed by atoms with Gasteiger partial charge in [-0.05, 0) is 18.4 Å². The molecule has 0 fully saturated rings. The molecule has 0 unspecified atom stereocenters. The lowest BCUT2D eigenvalue weighted by Gasteiger charge is -2.04. The second-order valence-electron chi connectivity index (χ2n) is 3.49. The molecule has 0 aliphatic carbocycles. The zero-order valence-electron chi connectivity index (χ0n) is 9.11. The first-order valence-electron chi connectivity index (χ1n) is 5.12. The predicted molar refractivity (Wildman–Crippen MR) is 70.3 cm³/mol.